The van der Waals surface area contributed by atoms with Crippen molar-refractivity contribution in [3.8, 4) is 5.75 Å². The predicted octanol–water partition coefficient (Wildman–Crippen LogP) is 4.39. The summed E-state index contributed by atoms with van der Waals surface area (Å²) in [4.78, 5) is 0. The van der Waals surface area contributed by atoms with Crippen molar-refractivity contribution in [3.63, 3.8) is 0 Å². The van der Waals surface area contributed by atoms with Gasteiger partial charge in [0.1, 0.15) is 5.75 Å². The first-order valence-electron chi connectivity index (χ1n) is 9.32. The third kappa shape index (κ3) is 3.75. The Balaban J connectivity index is 2.27. The third-order valence-corrected chi connectivity index (χ3v) is 5.06. The van der Waals surface area contributed by atoms with Crippen molar-refractivity contribution in [1.82, 2.24) is 0 Å². The fraction of sp³-hybridized carbons (Fsp3) is 0.250. The van der Waals surface area contributed by atoms with Gasteiger partial charge in [-0.2, -0.15) is 0 Å². The average molecular weight is 361 g/mol. The van der Waals surface area contributed by atoms with Gasteiger partial charge in [0.25, 0.3) is 0 Å². The van der Waals surface area contributed by atoms with Crippen LogP contribution < -0.4 is 10.5 Å². The number of methoxy groups -OCH3 is 1. The summed E-state index contributed by atoms with van der Waals surface area (Å²) in [6, 6.07) is 28.8. The highest BCUT2D eigenvalue weighted by Crippen LogP contribution is 2.42. The van der Waals surface area contributed by atoms with E-state index in [1.54, 1.807) is 7.11 Å². The summed E-state index contributed by atoms with van der Waals surface area (Å²) in [5.41, 5.74) is 9.74. The number of hydrogen-bond acceptors (Lipinski definition) is 3. The van der Waals surface area contributed by atoms with Crippen molar-refractivity contribution in [2.75, 3.05) is 20.3 Å². The summed E-state index contributed by atoms with van der Waals surface area (Å²) in [5, 5.41) is 0. The van der Waals surface area contributed by atoms with Crippen LogP contribution >= 0.6 is 0 Å². The Morgan fingerprint density at radius 1 is 0.778 bits per heavy atom. The van der Waals surface area contributed by atoms with Crippen LogP contribution in [-0.2, 0) is 10.2 Å². The second-order valence-corrected chi connectivity index (χ2v) is 6.53. The van der Waals surface area contributed by atoms with Crippen molar-refractivity contribution in [2.24, 2.45) is 5.73 Å². The van der Waals surface area contributed by atoms with E-state index in [2.05, 4.69) is 60.7 Å². The van der Waals surface area contributed by atoms with Crippen LogP contribution in [0.2, 0.25) is 0 Å². The van der Waals surface area contributed by atoms with Crippen molar-refractivity contribution >= 4 is 0 Å². The van der Waals surface area contributed by atoms with Gasteiger partial charge in [0, 0.05) is 12.6 Å². The molecule has 0 aliphatic carbocycles. The summed E-state index contributed by atoms with van der Waals surface area (Å²) in [7, 11) is 1.68. The third-order valence-electron chi connectivity index (χ3n) is 5.06. The average Bonchev–Trinajstić information content (AvgIpc) is 2.75. The molecule has 1 unspecified atom stereocenters. The first-order chi connectivity index (χ1) is 13.2. The van der Waals surface area contributed by atoms with Crippen molar-refractivity contribution in [2.45, 2.75) is 18.4 Å². The van der Waals surface area contributed by atoms with Crippen molar-refractivity contribution < 1.29 is 9.47 Å². The lowest BCUT2D eigenvalue weighted by molar-refractivity contribution is 0.120. The molecule has 0 amide bonds. The van der Waals surface area contributed by atoms with Gasteiger partial charge in [0.15, 0.2) is 0 Å². The predicted molar refractivity (Wildman–Crippen MR) is 110 cm³/mol. The highest BCUT2D eigenvalue weighted by Gasteiger charge is 2.42. The molecule has 0 radical (unpaired) electrons. The number of rotatable bonds is 8. The Kier molecular flexibility index (Phi) is 6.28. The zero-order valence-electron chi connectivity index (χ0n) is 16.0. The van der Waals surface area contributed by atoms with Crippen LogP contribution in [0.5, 0.6) is 5.75 Å². The van der Waals surface area contributed by atoms with Crippen LogP contribution in [-0.4, -0.2) is 26.4 Å². The van der Waals surface area contributed by atoms with Gasteiger partial charge in [-0.15, -0.1) is 0 Å². The first kappa shape index (κ1) is 19.2. The van der Waals surface area contributed by atoms with E-state index in [4.69, 9.17) is 15.2 Å². The minimum absolute atomic E-state index is 0.254. The molecule has 27 heavy (non-hydrogen) atoms. The molecular weight excluding hydrogens is 334 g/mol. The van der Waals surface area contributed by atoms with Gasteiger partial charge in [-0.25, -0.2) is 0 Å². The minimum atomic E-state index is -0.524. The monoisotopic (exact) mass is 361 g/mol. The second kappa shape index (κ2) is 8.85. The van der Waals surface area contributed by atoms with Crippen LogP contribution in [0.15, 0.2) is 84.9 Å². The minimum Gasteiger partial charge on any atom is -0.497 e. The molecule has 0 saturated carbocycles. The van der Waals surface area contributed by atoms with Gasteiger partial charge in [-0.1, -0.05) is 72.8 Å². The van der Waals surface area contributed by atoms with E-state index in [9.17, 15) is 0 Å². The molecule has 0 aliphatic heterocycles. The summed E-state index contributed by atoms with van der Waals surface area (Å²) in [6.07, 6.45) is 0. The molecule has 0 aliphatic rings. The van der Waals surface area contributed by atoms with E-state index in [0.717, 1.165) is 22.4 Å². The highest BCUT2D eigenvalue weighted by molar-refractivity contribution is 5.53. The molecule has 3 aromatic carbocycles. The smallest absolute Gasteiger partial charge is 0.118 e. The maximum Gasteiger partial charge on any atom is 0.118 e. The lowest BCUT2D eigenvalue weighted by Gasteiger charge is -2.41. The van der Waals surface area contributed by atoms with Gasteiger partial charge in [0.05, 0.1) is 19.1 Å². The Bertz CT molecular complexity index is 777. The molecule has 0 bridgehead atoms. The van der Waals surface area contributed by atoms with E-state index < -0.39 is 5.41 Å². The highest BCUT2D eigenvalue weighted by atomic mass is 16.5. The van der Waals surface area contributed by atoms with Crippen LogP contribution in [0.25, 0.3) is 0 Å². The lowest BCUT2D eigenvalue weighted by atomic mass is 9.65. The second-order valence-electron chi connectivity index (χ2n) is 6.53. The quantitative estimate of drug-likeness (QED) is 0.605. The molecular formula is C24H27NO2. The summed E-state index contributed by atoms with van der Waals surface area (Å²) in [5.74, 6) is 0.826. The molecule has 3 heteroatoms. The molecule has 0 aromatic heterocycles. The zero-order chi connectivity index (χ0) is 19.1. The van der Waals surface area contributed by atoms with Gasteiger partial charge in [0.2, 0.25) is 0 Å². The standard InChI is InChI=1S/C24H27NO2/c1-3-27-18-23(25)24(19-10-6-4-7-11-19,20-12-8-5-9-13-20)21-14-16-22(26-2)17-15-21/h4-17,23H,3,18,25H2,1-2H3. The molecule has 0 saturated heterocycles. The molecule has 0 fully saturated rings. The number of ether oxygens (including phenoxy) is 2. The molecule has 2 N–H and O–H groups in total. The van der Waals surface area contributed by atoms with E-state index >= 15 is 0 Å². The fourth-order valence-corrected chi connectivity index (χ4v) is 3.77. The molecule has 140 valence electrons. The van der Waals surface area contributed by atoms with E-state index in [1.807, 2.05) is 31.2 Å². The van der Waals surface area contributed by atoms with Gasteiger partial charge in [-0.05, 0) is 35.7 Å². The van der Waals surface area contributed by atoms with E-state index in [0.29, 0.717) is 13.2 Å². The normalized spacial score (nSPS) is 12.6. The van der Waals surface area contributed by atoms with Crippen LogP contribution in [0, 0.1) is 0 Å². The number of benzene rings is 3. The lowest BCUT2D eigenvalue weighted by Crippen LogP contribution is -2.50. The van der Waals surface area contributed by atoms with Crippen LogP contribution in [0.4, 0.5) is 0 Å². The summed E-state index contributed by atoms with van der Waals surface area (Å²) in [6.45, 7) is 3.09. The largest absolute Gasteiger partial charge is 0.497 e. The Morgan fingerprint density at radius 2 is 1.26 bits per heavy atom. The number of hydrogen-bond donors (Lipinski definition) is 1. The van der Waals surface area contributed by atoms with Gasteiger partial charge < -0.3 is 15.2 Å². The first-order valence-corrected chi connectivity index (χ1v) is 9.32. The van der Waals surface area contributed by atoms with Crippen LogP contribution in [0.1, 0.15) is 23.6 Å². The summed E-state index contributed by atoms with van der Waals surface area (Å²) < 4.78 is 11.1. The molecule has 0 heterocycles. The van der Waals surface area contributed by atoms with E-state index in [-0.39, 0.29) is 6.04 Å². The van der Waals surface area contributed by atoms with Gasteiger partial charge in [-0.3, -0.25) is 0 Å². The SMILES string of the molecule is CCOCC(N)C(c1ccccc1)(c1ccccc1)c1ccc(OC)cc1. The van der Waals surface area contributed by atoms with E-state index in [1.165, 1.54) is 0 Å². The number of nitrogens with two attached hydrogens (primary N) is 1. The zero-order valence-corrected chi connectivity index (χ0v) is 16.0. The Labute approximate surface area is 161 Å². The molecule has 3 nitrogen and oxygen atoms in total. The van der Waals surface area contributed by atoms with Gasteiger partial charge >= 0.3 is 0 Å². The fourth-order valence-electron chi connectivity index (χ4n) is 3.77. The molecule has 3 aromatic rings. The van der Waals surface area contributed by atoms with Crippen molar-refractivity contribution in [3.05, 3.63) is 102 Å². The Morgan fingerprint density at radius 3 is 1.70 bits per heavy atom. The van der Waals surface area contributed by atoms with Crippen molar-refractivity contribution in [1.29, 1.82) is 0 Å². The summed E-state index contributed by atoms with van der Waals surface area (Å²) >= 11 is 0. The van der Waals surface area contributed by atoms with Crippen LogP contribution in [0.3, 0.4) is 0 Å². The maximum absolute atomic E-state index is 6.85. The molecule has 3 rings (SSSR count). The Hall–Kier alpha value is -2.62. The topological polar surface area (TPSA) is 44.5 Å². The maximum atomic E-state index is 6.85. The molecule has 0 spiro atoms. The molecule has 1 atom stereocenters.